The Balaban J connectivity index is 1.36. The molecular formula is C26H31N3O4S2. The molecule has 0 atom stereocenters. The average Bonchev–Trinajstić information content (AvgIpc) is 3.27. The number of piperidine rings is 1. The minimum absolute atomic E-state index is 0.0161. The van der Waals surface area contributed by atoms with Gasteiger partial charge in [-0.05, 0) is 53.6 Å². The summed E-state index contributed by atoms with van der Waals surface area (Å²) in [5.41, 5.74) is 8.20. The Morgan fingerprint density at radius 2 is 1.89 bits per heavy atom. The van der Waals surface area contributed by atoms with Crippen molar-refractivity contribution in [3.63, 3.8) is 0 Å². The number of carbonyl (C=O) groups is 1. The van der Waals surface area contributed by atoms with Crippen LogP contribution in [0.5, 0.6) is 0 Å². The minimum atomic E-state index is -3.43. The number of nitrogen functional groups attached to an aromatic ring is 1. The Bertz CT molecular complexity index is 1360. The number of anilines is 1. The molecule has 3 aromatic rings. The molecule has 2 N–H and O–H groups in total. The van der Waals surface area contributed by atoms with Crippen molar-refractivity contribution in [2.75, 3.05) is 31.7 Å². The molecule has 0 saturated carbocycles. The molecule has 7 nitrogen and oxygen atoms in total. The highest BCUT2D eigenvalue weighted by Gasteiger charge is 2.29. The quantitative estimate of drug-likeness (QED) is 0.432. The molecule has 0 bridgehead atoms. The third kappa shape index (κ3) is 5.51. The zero-order valence-corrected chi connectivity index (χ0v) is 21.8. The summed E-state index contributed by atoms with van der Waals surface area (Å²) in [4.78, 5) is 19.5. The summed E-state index contributed by atoms with van der Waals surface area (Å²) in [5, 5.41) is 2.34. The van der Waals surface area contributed by atoms with Crippen molar-refractivity contribution in [2.24, 2.45) is 0 Å². The van der Waals surface area contributed by atoms with Gasteiger partial charge in [0.1, 0.15) is 0 Å². The van der Waals surface area contributed by atoms with E-state index < -0.39 is 15.8 Å². The van der Waals surface area contributed by atoms with Gasteiger partial charge in [-0.25, -0.2) is 18.2 Å². The maximum Gasteiger partial charge on any atom is 0.357 e. The number of sulfone groups is 1. The highest BCUT2D eigenvalue weighted by Crippen LogP contribution is 2.36. The number of benzene rings is 2. The number of nitrogens with zero attached hydrogens (tertiary/aromatic N) is 2. The van der Waals surface area contributed by atoms with E-state index in [1.165, 1.54) is 24.0 Å². The van der Waals surface area contributed by atoms with Crippen molar-refractivity contribution >= 4 is 43.0 Å². The van der Waals surface area contributed by atoms with Crippen LogP contribution in [-0.4, -0.2) is 50.2 Å². The fraction of sp³-hybridized carbons (Fsp3) is 0.385. The molecule has 0 spiro atoms. The largest absolute Gasteiger partial charge is 0.464 e. The summed E-state index contributed by atoms with van der Waals surface area (Å²) in [7, 11) is -2.09. The maximum absolute atomic E-state index is 13.0. The molecule has 1 saturated heterocycles. The first-order valence-electron chi connectivity index (χ1n) is 11.7. The van der Waals surface area contributed by atoms with Crippen LogP contribution >= 0.6 is 11.3 Å². The van der Waals surface area contributed by atoms with Crippen LogP contribution in [0.25, 0.3) is 10.8 Å². The van der Waals surface area contributed by atoms with Crippen molar-refractivity contribution in [2.45, 2.75) is 43.4 Å². The number of hydrogen-bond acceptors (Lipinski definition) is 8. The Labute approximate surface area is 210 Å². The van der Waals surface area contributed by atoms with Gasteiger partial charge in [0.05, 0.1) is 17.8 Å². The Morgan fingerprint density at radius 1 is 1.20 bits per heavy atom. The molecule has 0 amide bonds. The van der Waals surface area contributed by atoms with Crippen molar-refractivity contribution in [1.29, 1.82) is 0 Å². The molecule has 1 fully saturated rings. The van der Waals surface area contributed by atoms with Gasteiger partial charge in [0, 0.05) is 30.1 Å². The molecule has 4 rings (SSSR count). The van der Waals surface area contributed by atoms with Crippen molar-refractivity contribution in [1.82, 2.24) is 9.88 Å². The lowest BCUT2D eigenvalue weighted by molar-refractivity contribution is 0.0592. The van der Waals surface area contributed by atoms with Gasteiger partial charge in [-0.2, -0.15) is 0 Å². The molecule has 1 aliphatic rings. The Morgan fingerprint density at radius 3 is 2.57 bits per heavy atom. The topological polar surface area (TPSA) is 103 Å². The van der Waals surface area contributed by atoms with Crippen molar-refractivity contribution in [3.05, 3.63) is 64.8 Å². The zero-order valence-electron chi connectivity index (χ0n) is 20.1. The lowest BCUT2D eigenvalue weighted by Gasteiger charge is -2.34. The standard InChI is InChI=1S/C26H31N3O4S2/c1-4-18-5-6-21-16-22(8-7-20(21)15-18)35(31,32)14-11-17(2)29-12-9-19(10-13-29)24-23(25(30)33-3)28-26(27)34-24/h5-8,15-16,19H,2,4,9-14H2,1,3H3,(H2,27,28). The first kappa shape index (κ1) is 25.2. The highest BCUT2D eigenvalue weighted by molar-refractivity contribution is 7.91. The van der Waals surface area contributed by atoms with Crippen molar-refractivity contribution in [3.8, 4) is 0 Å². The van der Waals surface area contributed by atoms with E-state index in [0.717, 1.165) is 53.7 Å². The number of hydrogen-bond donors (Lipinski definition) is 1. The molecular weight excluding hydrogens is 482 g/mol. The zero-order chi connectivity index (χ0) is 25.2. The number of fused-ring (bicyclic) bond motifs is 1. The van der Waals surface area contributed by atoms with Crippen LogP contribution in [-0.2, 0) is 21.0 Å². The number of aryl methyl sites for hydroxylation is 1. The van der Waals surface area contributed by atoms with Gasteiger partial charge in [-0.3, -0.25) is 0 Å². The fourth-order valence-corrected chi connectivity index (χ4v) is 6.85. The van der Waals surface area contributed by atoms with E-state index in [1.54, 1.807) is 12.1 Å². The highest BCUT2D eigenvalue weighted by atomic mass is 32.2. The molecule has 0 radical (unpaired) electrons. The molecule has 2 heterocycles. The van der Waals surface area contributed by atoms with Crippen LogP contribution in [0.1, 0.15) is 53.0 Å². The molecule has 9 heteroatoms. The molecule has 35 heavy (non-hydrogen) atoms. The SMILES string of the molecule is C=C(CCS(=O)(=O)c1ccc2cc(CC)ccc2c1)N1CCC(c2sc(N)nc2C(=O)OC)CC1. The number of ether oxygens (including phenoxy) is 1. The summed E-state index contributed by atoms with van der Waals surface area (Å²) in [6, 6.07) is 11.5. The van der Waals surface area contributed by atoms with Gasteiger partial charge in [0.2, 0.25) is 0 Å². The maximum atomic E-state index is 13.0. The number of aromatic nitrogens is 1. The van der Waals surface area contributed by atoms with Crippen molar-refractivity contribution < 1.29 is 17.9 Å². The van der Waals surface area contributed by atoms with E-state index in [9.17, 15) is 13.2 Å². The normalized spacial score (nSPS) is 14.9. The number of nitrogens with two attached hydrogens (primary N) is 1. The first-order valence-corrected chi connectivity index (χ1v) is 14.2. The van der Waals surface area contributed by atoms with E-state index in [-0.39, 0.29) is 11.7 Å². The monoisotopic (exact) mass is 513 g/mol. The van der Waals surface area contributed by atoms with Gasteiger partial charge in [0.15, 0.2) is 20.7 Å². The van der Waals surface area contributed by atoms with Gasteiger partial charge in [-0.1, -0.05) is 37.8 Å². The number of allylic oxidation sites excluding steroid dienone is 1. The van der Waals surface area contributed by atoms with E-state index >= 15 is 0 Å². The van der Waals surface area contributed by atoms with E-state index in [0.29, 0.717) is 22.1 Å². The summed E-state index contributed by atoms with van der Waals surface area (Å²) in [5.74, 6) is -0.288. The number of esters is 1. The van der Waals surface area contributed by atoms with Crippen LogP contribution in [0.3, 0.4) is 0 Å². The minimum Gasteiger partial charge on any atom is -0.464 e. The predicted molar refractivity (Wildman–Crippen MR) is 141 cm³/mol. The number of thiazole rings is 1. The number of carbonyl (C=O) groups excluding carboxylic acids is 1. The molecule has 0 unspecified atom stereocenters. The Hall–Kier alpha value is -2.91. The van der Waals surface area contributed by atoms with E-state index in [1.807, 2.05) is 18.2 Å². The Kier molecular flexibility index (Phi) is 7.47. The predicted octanol–water partition coefficient (Wildman–Crippen LogP) is 4.78. The van der Waals surface area contributed by atoms with E-state index in [2.05, 4.69) is 29.5 Å². The van der Waals surface area contributed by atoms with Gasteiger partial charge in [-0.15, -0.1) is 11.3 Å². The number of likely N-dealkylation sites (tertiary alicyclic amines) is 1. The second-order valence-corrected chi connectivity index (χ2v) is 12.0. The van der Waals surface area contributed by atoms with Crippen LogP contribution in [0, 0.1) is 0 Å². The fourth-order valence-electron chi connectivity index (χ4n) is 4.54. The molecule has 186 valence electrons. The number of rotatable bonds is 8. The molecule has 1 aliphatic heterocycles. The third-order valence-electron chi connectivity index (χ3n) is 6.66. The first-order chi connectivity index (χ1) is 16.7. The summed E-state index contributed by atoms with van der Waals surface area (Å²) in [6.45, 7) is 7.73. The third-order valence-corrected chi connectivity index (χ3v) is 9.43. The van der Waals surface area contributed by atoms with E-state index in [4.69, 9.17) is 10.5 Å². The molecule has 1 aromatic heterocycles. The average molecular weight is 514 g/mol. The summed E-state index contributed by atoms with van der Waals surface area (Å²) < 4.78 is 30.9. The number of methoxy groups -OCH3 is 1. The second kappa shape index (κ2) is 10.4. The smallest absolute Gasteiger partial charge is 0.357 e. The second-order valence-electron chi connectivity index (χ2n) is 8.85. The van der Waals surface area contributed by atoms with Crippen LogP contribution in [0.2, 0.25) is 0 Å². The van der Waals surface area contributed by atoms with Gasteiger partial charge < -0.3 is 15.4 Å². The lowest BCUT2D eigenvalue weighted by Crippen LogP contribution is -2.32. The van der Waals surface area contributed by atoms with Crippen LogP contribution in [0.15, 0.2) is 53.6 Å². The summed E-state index contributed by atoms with van der Waals surface area (Å²) in [6.07, 6.45) is 2.93. The van der Waals surface area contributed by atoms with Crippen LogP contribution in [0.4, 0.5) is 5.13 Å². The lowest BCUT2D eigenvalue weighted by atomic mass is 9.93. The summed E-state index contributed by atoms with van der Waals surface area (Å²) >= 11 is 1.33. The van der Waals surface area contributed by atoms with Gasteiger partial charge >= 0.3 is 5.97 Å². The van der Waals surface area contributed by atoms with Gasteiger partial charge in [0.25, 0.3) is 0 Å². The van der Waals surface area contributed by atoms with Crippen LogP contribution < -0.4 is 5.73 Å². The molecule has 0 aliphatic carbocycles. The molecule has 2 aromatic carbocycles.